The van der Waals surface area contributed by atoms with Gasteiger partial charge in [0.2, 0.25) is 41.4 Å². The van der Waals surface area contributed by atoms with Gasteiger partial charge in [0, 0.05) is 36.4 Å². The number of unbranched alkanes of at least 4 members (excludes halogenated alkanes) is 2. The van der Waals surface area contributed by atoms with Crippen molar-refractivity contribution in [3.63, 3.8) is 0 Å². The highest BCUT2D eigenvalue weighted by molar-refractivity contribution is 7.84. The Labute approximate surface area is 447 Å². The summed E-state index contributed by atoms with van der Waals surface area (Å²) < 4.78 is 39.3. The zero-order valence-corrected chi connectivity index (χ0v) is 44.6. The quantitative estimate of drug-likeness (QED) is 0.0334. The number of alkyl carbamates (subject to hydrolysis) is 1. The number of carboxylic acids is 1. The van der Waals surface area contributed by atoms with E-state index in [0.717, 1.165) is 10.9 Å². The van der Waals surface area contributed by atoms with Crippen LogP contribution in [0.5, 0.6) is 0 Å². The number of nitrogens with one attached hydrogen (secondary N) is 8. The molecule has 0 aliphatic rings. The van der Waals surface area contributed by atoms with Gasteiger partial charge in [-0.1, -0.05) is 112 Å². The number of nitrogens with two attached hydrogens (primary N) is 1. The highest BCUT2D eigenvalue weighted by atomic mass is 32.2. The Morgan fingerprint density at radius 1 is 0.623 bits per heavy atom. The van der Waals surface area contributed by atoms with Gasteiger partial charge in [0.25, 0.3) is 0 Å². The summed E-state index contributed by atoms with van der Waals surface area (Å²) in [5.41, 5.74) is 7.27. The molecule has 4 aromatic rings. The maximum absolute atomic E-state index is 14.4. The van der Waals surface area contributed by atoms with Crippen LogP contribution in [-0.4, -0.2) is 125 Å². The summed E-state index contributed by atoms with van der Waals surface area (Å²) in [6.45, 7) is 7.86. The Kier molecular flexibility index (Phi) is 23.6. The van der Waals surface area contributed by atoms with Crippen LogP contribution in [-0.2, 0) is 78.2 Å². The first-order valence-corrected chi connectivity index (χ1v) is 26.8. The predicted molar refractivity (Wildman–Crippen MR) is 282 cm³/mol. The molecular weight excluding hydrogens is 1020 g/mol. The van der Waals surface area contributed by atoms with Crippen molar-refractivity contribution in [3.05, 3.63) is 107 Å². The molecule has 77 heavy (non-hydrogen) atoms. The van der Waals surface area contributed by atoms with Gasteiger partial charge in [0.05, 0.1) is 28.8 Å². The second kappa shape index (κ2) is 29.4. The second-order valence-corrected chi connectivity index (χ2v) is 20.9. The number of hydrogen-bond acceptors (Lipinski definition) is 13. The van der Waals surface area contributed by atoms with Crippen molar-refractivity contribution >= 4 is 74.4 Å². The average molecular weight is 1090 g/mol. The van der Waals surface area contributed by atoms with E-state index in [1.165, 1.54) is 24.3 Å². The number of hydrogen-bond donors (Lipinski definition) is 10. The SMILES string of the molecule is CCCC[C@H](NC(=O)[C@H](Cc1ccc(CS(=O)(=O)[O-])cc1)NC(=O)OC(C)(C)C)C(=O)NCC(=O)N[C@@H](Cc1c[nH]c2ccccc12)C(=O)N[C@@H](CCCC)C(=O)N[C@@H](CC(=O)O)C(=O)N[C@@H](Cc1ccccc1)C(N)=O. The van der Waals surface area contributed by atoms with E-state index in [4.69, 9.17) is 10.5 Å². The first-order chi connectivity index (χ1) is 36.3. The number of benzene rings is 3. The topological polar surface area (TPSA) is 366 Å². The molecule has 418 valence electrons. The summed E-state index contributed by atoms with van der Waals surface area (Å²) in [4.78, 5) is 124. The molecule has 8 amide bonds. The van der Waals surface area contributed by atoms with Crippen molar-refractivity contribution in [2.75, 3.05) is 6.54 Å². The standard InChI is InChI=1S/C53H71N9O14S/c1-6-8-18-38(58-49(69)41(62-52(72)76-53(3,4)5)26-33-21-23-34(24-22-33)31-77(73,74)75)47(67)56-30-44(63)57-42(27-35-29-55-37-20-14-13-17-36(35)37)50(70)59-39(19-9-7-2)48(68)61-43(28-45(64)65)51(71)60-40(46(54)66)25-32-15-11-10-12-16-32/h10-17,20-24,29,38-43,55H,6-9,18-19,25-28,30-31H2,1-5H3,(H2,54,66)(H,56,67)(H,57,63)(H,58,69)(H,59,70)(H,60,71)(H,61,68)(H,62,72)(H,64,65)(H,73,74,75)/p-1/t38-,39-,40-,41-,42-,43-/m0/s1. The van der Waals surface area contributed by atoms with E-state index < -0.39 is 124 Å². The van der Waals surface area contributed by atoms with Crippen LogP contribution in [0.15, 0.2) is 85.1 Å². The minimum absolute atomic E-state index is 0.0209. The van der Waals surface area contributed by atoms with Crippen molar-refractivity contribution < 1.29 is 66.0 Å². The van der Waals surface area contributed by atoms with Crippen LogP contribution < -0.4 is 43.0 Å². The molecular formula is C53H70N9O14S-. The molecule has 23 nitrogen and oxygen atoms in total. The van der Waals surface area contributed by atoms with E-state index in [1.54, 1.807) is 81.6 Å². The number of H-pyrrole nitrogens is 1. The Balaban J connectivity index is 1.53. The van der Waals surface area contributed by atoms with Crippen LogP contribution in [0.4, 0.5) is 4.79 Å². The molecule has 4 rings (SSSR count). The minimum Gasteiger partial charge on any atom is -0.748 e. The van der Waals surface area contributed by atoms with Gasteiger partial charge in [0.1, 0.15) is 41.9 Å². The smallest absolute Gasteiger partial charge is 0.408 e. The molecule has 11 N–H and O–H groups in total. The van der Waals surface area contributed by atoms with Gasteiger partial charge in [-0.3, -0.25) is 38.4 Å². The fraction of sp³-hybridized carbons (Fsp3) is 0.453. The fourth-order valence-electron chi connectivity index (χ4n) is 8.04. The zero-order chi connectivity index (χ0) is 56.9. The summed E-state index contributed by atoms with van der Waals surface area (Å²) >= 11 is 0. The summed E-state index contributed by atoms with van der Waals surface area (Å²) in [5, 5.41) is 28.3. The molecule has 6 atom stereocenters. The normalized spacial score (nSPS) is 13.8. The van der Waals surface area contributed by atoms with E-state index in [1.807, 2.05) is 13.8 Å². The van der Waals surface area contributed by atoms with Gasteiger partial charge < -0.3 is 62.3 Å². The molecule has 0 aliphatic heterocycles. The number of ether oxygens (including phenoxy) is 1. The second-order valence-electron chi connectivity index (χ2n) is 19.5. The molecule has 3 aromatic carbocycles. The molecule has 0 bridgehead atoms. The fourth-order valence-corrected chi connectivity index (χ4v) is 8.64. The van der Waals surface area contributed by atoms with Crippen molar-refractivity contribution in [2.45, 2.75) is 146 Å². The lowest BCUT2D eigenvalue weighted by molar-refractivity contribution is -0.141. The summed E-state index contributed by atoms with van der Waals surface area (Å²) in [5.74, 6) is -8.31. The Hall–Kier alpha value is -7.86. The molecule has 0 saturated heterocycles. The van der Waals surface area contributed by atoms with E-state index >= 15 is 0 Å². The Bertz CT molecular complexity index is 2800. The van der Waals surface area contributed by atoms with Crippen LogP contribution in [0.2, 0.25) is 0 Å². The average Bonchev–Trinajstić information content (AvgIpc) is 3.77. The van der Waals surface area contributed by atoms with Crippen LogP contribution >= 0.6 is 0 Å². The monoisotopic (exact) mass is 1090 g/mol. The van der Waals surface area contributed by atoms with Crippen molar-refractivity contribution in [1.82, 2.24) is 42.2 Å². The van der Waals surface area contributed by atoms with E-state index in [2.05, 4.69) is 42.2 Å². The first-order valence-electron chi connectivity index (χ1n) is 25.2. The number of carbonyl (C=O) groups excluding carboxylic acids is 8. The molecule has 0 fully saturated rings. The molecule has 1 aromatic heterocycles. The number of carbonyl (C=O) groups is 9. The number of aliphatic carboxylic acids is 1. The zero-order valence-electron chi connectivity index (χ0n) is 43.8. The van der Waals surface area contributed by atoms with Gasteiger partial charge in [0.15, 0.2) is 0 Å². The number of rotatable bonds is 30. The largest absolute Gasteiger partial charge is 0.748 e. The molecule has 24 heteroatoms. The highest BCUT2D eigenvalue weighted by Crippen LogP contribution is 2.20. The van der Waals surface area contributed by atoms with Gasteiger partial charge in [-0.25, -0.2) is 13.2 Å². The maximum atomic E-state index is 14.4. The van der Waals surface area contributed by atoms with Gasteiger partial charge >= 0.3 is 12.1 Å². The van der Waals surface area contributed by atoms with Gasteiger partial charge in [-0.15, -0.1) is 0 Å². The van der Waals surface area contributed by atoms with E-state index in [0.29, 0.717) is 42.4 Å². The van der Waals surface area contributed by atoms with Crippen molar-refractivity contribution in [3.8, 4) is 0 Å². The number of aromatic amines is 1. The maximum Gasteiger partial charge on any atom is 0.408 e. The first kappa shape index (κ1) is 61.7. The van der Waals surface area contributed by atoms with Crippen LogP contribution in [0, 0.1) is 0 Å². The lowest BCUT2D eigenvalue weighted by Crippen LogP contribution is -2.59. The number of fused-ring (bicyclic) bond motifs is 1. The number of primary amides is 1. The van der Waals surface area contributed by atoms with E-state index in [-0.39, 0.29) is 37.7 Å². The molecule has 0 saturated carbocycles. The van der Waals surface area contributed by atoms with Crippen LogP contribution in [0.3, 0.4) is 0 Å². The van der Waals surface area contributed by atoms with E-state index in [9.17, 15) is 61.2 Å². The summed E-state index contributed by atoms with van der Waals surface area (Å²) in [6.07, 6.45) is 1.64. The van der Waals surface area contributed by atoms with Crippen LogP contribution in [0.1, 0.15) is 102 Å². The third kappa shape index (κ3) is 21.7. The highest BCUT2D eigenvalue weighted by Gasteiger charge is 2.34. The van der Waals surface area contributed by atoms with Crippen molar-refractivity contribution in [2.24, 2.45) is 5.73 Å². The van der Waals surface area contributed by atoms with Gasteiger partial charge in [-0.2, -0.15) is 0 Å². The Morgan fingerprint density at radius 2 is 1.12 bits per heavy atom. The third-order valence-corrected chi connectivity index (χ3v) is 12.6. The number of carboxylic acid groups (broad SMARTS) is 1. The van der Waals surface area contributed by atoms with Crippen molar-refractivity contribution in [1.29, 1.82) is 0 Å². The molecule has 1 heterocycles. The predicted octanol–water partition coefficient (Wildman–Crippen LogP) is 2.01. The molecule has 0 spiro atoms. The molecule has 0 aliphatic carbocycles. The Morgan fingerprint density at radius 3 is 1.69 bits per heavy atom. The third-order valence-electron chi connectivity index (χ3n) is 11.9. The minimum atomic E-state index is -4.57. The lowest BCUT2D eigenvalue weighted by atomic mass is 10.0. The van der Waals surface area contributed by atoms with Crippen LogP contribution in [0.25, 0.3) is 10.9 Å². The summed E-state index contributed by atoms with van der Waals surface area (Å²) in [6, 6.07) is 13.3. The summed E-state index contributed by atoms with van der Waals surface area (Å²) in [7, 11) is -4.57. The number of amides is 8. The molecule has 0 unspecified atom stereocenters. The lowest BCUT2D eigenvalue weighted by Gasteiger charge is -2.26. The molecule has 0 radical (unpaired) electrons. The van der Waals surface area contributed by atoms with Gasteiger partial charge in [-0.05, 0) is 61.9 Å². The number of aromatic nitrogens is 1. The number of para-hydroxylation sites is 1.